The van der Waals surface area contributed by atoms with Gasteiger partial charge in [-0.2, -0.15) is 0 Å². The molecule has 0 saturated carbocycles. The van der Waals surface area contributed by atoms with Crippen LogP contribution in [0.4, 0.5) is 0 Å². The van der Waals surface area contributed by atoms with Crippen molar-refractivity contribution in [1.82, 2.24) is 4.90 Å². The number of unbranched alkanes of at least 4 members (excludes halogenated alkanes) is 1. The molecule has 1 heteroatoms. The molecule has 98 valence electrons. The quantitative estimate of drug-likeness (QED) is 0.778. The average molecular weight is 251 g/mol. The summed E-state index contributed by atoms with van der Waals surface area (Å²) >= 11 is 0. The second kappa shape index (κ2) is 5.58. The Kier molecular flexibility index (Phi) is 3.65. The van der Waals surface area contributed by atoms with Gasteiger partial charge in [0.1, 0.15) is 0 Å². The summed E-state index contributed by atoms with van der Waals surface area (Å²) in [5.74, 6) is 0. The van der Waals surface area contributed by atoms with Gasteiger partial charge in [0, 0.05) is 13.1 Å². The van der Waals surface area contributed by atoms with E-state index in [0.717, 1.165) is 13.1 Å². The minimum absolute atomic E-state index is 1.07. The molecule has 2 aromatic rings. The second-order valence-corrected chi connectivity index (χ2v) is 5.38. The standard InChI is InChI=1S/C18H21N/c1-2-3-12-19-13-15-8-4-6-10-17(15)18-11-7-5-9-16(18)14-19/h4-11H,2-3,12-14H2,1H3. The van der Waals surface area contributed by atoms with Crippen LogP contribution in [-0.2, 0) is 13.1 Å². The first-order valence-corrected chi connectivity index (χ1v) is 7.27. The second-order valence-electron chi connectivity index (χ2n) is 5.38. The van der Waals surface area contributed by atoms with Crippen LogP contribution in [0.1, 0.15) is 30.9 Å². The average Bonchev–Trinajstić information content (AvgIpc) is 2.61. The molecule has 0 atom stereocenters. The van der Waals surface area contributed by atoms with Crippen LogP contribution in [0, 0.1) is 0 Å². The highest BCUT2D eigenvalue weighted by atomic mass is 15.1. The molecule has 1 aliphatic heterocycles. The molecule has 0 bridgehead atoms. The SMILES string of the molecule is CCCCN1Cc2ccccc2-c2ccccc2C1. The van der Waals surface area contributed by atoms with Crippen molar-refractivity contribution < 1.29 is 0 Å². The van der Waals surface area contributed by atoms with E-state index in [1.165, 1.54) is 41.6 Å². The maximum atomic E-state index is 2.58. The molecule has 1 nitrogen and oxygen atoms in total. The fourth-order valence-electron chi connectivity index (χ4n) is 2.92. The van der Waals surface area contributed by atoms with E-state index in [0.29, 0.717) is 0 Å². The molecule has 0 saturated heterocycles. The van der Waals surface area contributed by atoms with Crippen molar-refractivity contribution in [3.8, 4) is 11.1 Å². The van der Waals surface area contributed by atoms with Gasteiger partial charge in [-0.25, -0.2) is 0 Å². The molecule has 0 unspecified atom stereocenters. The summed E-state index contributed by atoms with van der Waals surface area (Å²) in [5, 5.41) is 0. The molecular formula is C18H21N. The van der Waals surface area contributed by atoms with Gasteiger partial charge in [-0.05, 0) is 35.2 Å². The van der Waals surface area contributed by atoms with E-state index in [1.54, 1.807) is 0 Å². The van der Waals surface area contributed by atoms with Gasteiger partial charge in [-0.15, -0.1) is 0 Å². The predicted molar refractivity (Wildman–Crippen MR) is 80.9 cm³/mol. The first-order valence-electron chi connectivity index (χ1n) is 7.27. The number of hydrogen-bond donors (Lipinski definition) is 0. The molecule has 0 N–H and O–H groups in total. The minimum Gasteiger partial charge on any atom is -0.295 e. The number of fused-ring (bicyclic) bond motifs is 3. The third-order valence-corrected chi connectivity index (χ3v) is 3.94. The van der Waals surface area contributed by atoms with Crippen molar-refractivity contribution in [1.29, 1.82) is 0 Å². The van der Waals surface area contributed by atoms with Crippen molar-refractivity contribution >= 4 is 0 Å². The summed E-state index contributed by atoms with van der Waals surface area (Å²) in [7, 11) is 0. The third-order valence-electron chi connectivity index (χ3n) is 3.94. The van der Waals surface area contributed by atoms with E-state index in [9.17, 15) is 0 Å². The summed E-state index contributed by atoms with van der Waals surface area (Å²) in [6.45, 7) is 5.61. The van der Waals surface area contributed by atoms with Gasteiger partial charge in [-0.3, -0.25) is 4.90 Å². The normalized spacial score (nSPS) is 14.6. The lowest BCUT2D eigenvalue weighted by atomic mass is 9.97. The van der Waals surface area contributed by atoms with Crippen molar-refractivity contribution in [2.45, 2.75) is 32.9 Å². The highest BCUT2D eigenvalue weighted by Crippen LogP contribution is 2.32. The van der Waals surface area contributed by atoms with E-state index < -0.39 is 0 Å². The Hall–Kier alpha value is -1.60. The molecule has 0 aliphatic carbocycles. The molecule has 19 heavy (non-hydrogen) atoms. The van der Waals surface area contributed by atoms with Gasteiger partial charge in [0.05, 0.1) is 0 Å². The van der Waals surface area contributed by atoms with Gasteiger partial charge in [0.15, 0.2) is 0 Å². The van der Waals surface area contributed by atoms with Gasteiger partial charge >= 0.3 is 0 Å². The highest BCUT2D eigenvalue weighted by molar-refractivity contribution is 5.71. The Morgan fingerprint density at radius 1 is 0.842 bits per heavy atom. The zero-order chi connectivity index (χ0) is 13.1. The fourth-order valence-corrected chi connectivity index (χ4v) is 2.92. The van der Waals surface area contributed by atoms with E-state index in [-0.39, 0.29) is 0 Å². The summed E-state index contributed by atoms with van der Waals surface area (Å²) < 4.78 is 0. The first-order chi connectivity index (χ1) is 9.38. The number of nitrogens with zero attached hydrogens (tertiary/aromatic N) is 1. The topological polar surface area (TPSA) is 3.24 Å². The number of rotatable bonds is 3. The van der Waals surface area contributed by atoms with E-state index >= 15 is 0 Å². The van der Waals surface area contributed by atoms with E-state index in [2.05, 4.69) is 60.4 Å². The van der Waals surface area contributed by atoms with Crippen LogP contribution in [0.2, 0.25) is 0 Å². The summed E-state index contributed by atoms with van der Waals surface area (Å²) in [6, 6.07) is 17.7. The minimum atomic E-state index is 1.07. The lowest BCUT2D eigenvalue weighted by Gasteiger charge is -2.20. The Morgan fingerprint density at radius 3 is 1.89 bits per heavy atom. The number of hydrogen-bond acceptors (Lipinski definition) is 1. The smallest absolute Gasteiger partial charge is 0.0243 e. The maximum Gasteiger partial charge on any atom is 0.0243 e. The number of benzene rings is 2. The lowest BCUT2D eigenvalue weighted by molar-refractivity contribution is 0.255. The lowest BCUT2D eigenvalue weighted by Crippen LogP contribution is -2.22. The third kappa shape index (κ3) is 2.57. The molecule has 0 fully saturated rings. The van der Waals surface area contributed by atoms with Crippen LogP contribution in [-0.4, -0.2) is 11.4 Å². The van der Waals surface area contributed by atoms with Crippen LogP contribution in [0.3, 0.4) is 0 Å². The zero-order valence-electron chi connectivity index (χ0n) is 11.6. The monoisotopic (exact) mass is 251 g/mol. The molecule has 1 aliphatic rings. The molecule has 2 aromatic carbocycles. The van der Waals surface area contributed by atoms with Crippen LogP contribution < -0.4 is 0 Å². The first kappa shape index (κ1) is 12.4. The molecule has 3 rings (SSSR count). The van der Waals surface area contributed by atoms with Crippen LogP contribution >= 0.6 is 0 Å². The van der Waals surface area contributed by atoms with Crippen molar-refractivity contribution in [3.63, 3.8) is 0 Å². The van der Waals surface area contributed by atoms with Crippen LogP contribution in [0.25, 0.3) is 11.1 Å². The van der Waals surface area contributed by atoms with Gasteiger partial charge in [0.25, 0.3) is 0 Å². The Morgan fingerprint density at radius 2 is 1.37 bits per heavy atom. The molecule has 0 radical (unpaired) electrons. The fraction of sp³-hybridized carbons (Fsp3) is 0.333. The molecule has 1 heterocycles. The predicted octanol–water partition coefficient (Wildman–Crippen LogP) is 4.47. The molecule has 0 spiro atoms. The highest BCUT2D eigenvalue weighted by Gasteiger charge is 2.17. The molecular weight excluding hydrogens is 230 g/mol. The molecule has 0 aromatic heterocycles. The Balaban J connectivity index is 2.02. The summed E-state index contributed by atoms with van der Waals surface area (Å²) in [6.07, 6.45) is 2.55. The van der Waals surface area contributed by atoms with Gasteiger partial charge in [-0.1, -0.05) is 61.9 Å². The van der Waals surface area contributed by atoms with Gasteiger partial charge < -0.3 is 0 Å². The van der Waals surface area contributed by atoms with Crippen molar-refractivity contribution in [2.75, 3.05) is 6.54 Å². The molecule has 0 amide bonds. The maximum absolute atomic E-state index is 2.58. The van der Waals surface area contributed by atoms with E-state index in [1.807, 2.05) is 0 Å². The van der Waals surface area contributed by atoms with Crippen molar-refractivity contribution in [2.24, 2.45) is 0 Å². The zero-order valence-corrected chi connectivity index (χ0v) is 11.6. The van der Waals surface area contributed by atoms with Gasteiger partial charge in [0.2, 0.25) is 0 Å². The van der Waals surface area contributed by atoms with Crippen LogP contribution in [0.15, 0.2) is 48.5 Å². The summed E-state index contributed by atoms with van der Waals surface area (Å²) in [4.78, 5) is 2.58. The Bertz CT molecular complexity index is 512. The largest absolute Gasteiger partial charge is 0.295 e. The van der Waals surface area contributed by atoms with E-state index in [4.69, 9.17) is 0 Å². The summed E-state index contributed by atoms with van der Waals surface area (Å²) in [5.41, 5.74) is 5.75. The van der Waals surface area contributed by atoms with Crippen LogP contribution in [0.5, 0.6) is 0 Å². The van der Waals surface area contributed by atoms with Crippen molar-refractivity contribution in [3.05, 3.63) is 59.7 Å². The Labute approximate surface area is 115 Å².